The number of benzene rings is 1. The maximum atomic E-state index is 4.49. The fraction of sp³-hybridized carbons (Fsp3) is 0.462. The van der Waals surface area contributed by atoms with Crippen LogP contribution >= 0.6 is 0 Å². The Balaban J connectivity index is 2.27. The average Bonchev–Trinajstić information content (AvgIpc) is 2.81. The van der Waals surface area contributed by atoms with E-state index < -0.39 is 0 Å². The lowest BCUT2D eigenvalue weighted by atomic mass is 9.93. The molecule has 1 aromatic rings. The highest BCUT2D eigenvalue weighted by Crippen LogP contribution is 2.21. The van der Waals surface area contributed by atoms with Crippen molar-refractivity contribution < 1.29 is 0 Å². The first-order valence-corrected chi connectivity index (χ1v) is 5.69. The number of aryl methyl sites for hydroxylation is 1. The third kappa shape index (κ3) is 2.04. The molecule has 80 valence electrons. The van der Waals surface area contributed by atoms with Crippen molar-refractivity contribution in [3.63, 3.8) is 0 Å². The zero-order valence-electron chi connectivity index (χ0n) is 9.46. The largest absolute Gasteiger partial charge is 0.371 e. The summed E-state index contributed by atoms with van der Waals surface area (Å²) in [5, 5.41) is 3.36. The Bertz CT molecular complexity index is 369. The Morgan fingerprint density at radius 2 is 2.20 bits per heavy atom. The van der Waals surface area contributed by atoms with Crippen molar-refractivity contribution in [2.45, 2.75) is 26.2 Å². The van der Waals surface area contributed by atoms with Crippen molar-refractivity contribution in [1.29, 1.82) is 0 Å². The molecular formula is C13H18N2. The Labute approximate surface area is 91.4 Å². The highest BCUT2D eigenvalue weighted by molar-refractivity contribution is 5.90. The van der Waals surface area contributed by atoms with E-state index in [1.807, 2.05) is 0 Å². The molecule has 1 heterocycles. The monoisotopic (exact) mass is 202 g/mol. The molecule has 0 aromatic heterocycles. The predicted molar refractivity (Wildman–Crippen MR) is 64.5 cm³/mol. The fourth-order valence-electron chi connectivity index (χ4n) is 2.13. The summed E-state index contributed by atoms with van der Waals surface area (Å²) in [6.45, 7) is 6.35. The molecule has 1 N–H and O–H groups in total. The van der Waals surface area contributed by atoms with Crippen LogP contribution in [0.15, 0.2) is 29.3 Å². The second kappa shape index (κ2) is 4.47. The van der Waals surface area contributed by atoms with Gasteiger partial charge in [-0.15, -0.1) is 0 Å². The summed E-state index contributed by atoms with van der Waals surface area (Å²) in [4.78, 5) is 4.49. The number of hydrogen-bond acceptors (Lipinski definition) is 2. The van der Waals surface area contributed by atoms with Crippen molar-refractivity contribution >= 4 is 5.84 Å². The number of nitrogens with zero attached hydrogens (tertiary/aromatic N) is 1. The lowest BCUT2D eigenvalue weighted by Gasteiger charge is -2.16. The highest BCUT2D eigenvalue weighted by atomic mass is 15.1. The lowest BCUT2D eigenvalue weighted by molar-refractivity contribution is 0.905. The summed E-state index contributed by atoms with van der Waals surface area (Å²) in [5.74, 6) is 1.56. The third-order valence-corrected chi connectivity index (χ3v) is 3.01. The lowest BCUT2D eigenvalue weighted by Crippen LogP contribution is -2.24. The summed E-state index contributed by atoms with van der Waals surface area (Å²) < 4.78 is 0. The van der Waals surface area contributed by atoms with E-state index in [1.165, 1.54) is 11.1 Å². The topological polar surface area (TPSA) is 24.4 Å². The Hall–Kier alpha value is -1.31. The van der Waals surface area contributed by atoms with Gasteiger partial charge in [-0.1, -0.05) is 38.1 Å². The van der Waals surface area contributed by atoms with Crippen LogP contribution in [-0.2, 0) is 6.42 Å². The standard InChI is InChI=1S/C13H18N2/c1-3-11-6-4-5-7-12(11)10(2)13-14-8-9-15-13/h4-7,10H,3,8-9H2,1-2H3,(H,14,15)/t10-/m1/s1. The molecule has 0 spiro atoms. The molecule has 0 amide bonds. The fourth-order valence-corrected chi connectivity index (χ4v) is 2.13. The summed E-state index contributed by atoms with van der Waals surface area (Å²) in [6.07, 6.45) is 1.09. The van der Waals surface area contributed by atoms with Crippen molar-refractivity contribution in [2.24, 2.45) is 4.99 Å². The van der Waals surface area contributed by atoms with Crippen LogP contribution in [0.2, 0.25) is 0 Å². The summed E-state index contributed by atoms with van der Waals surface area (Å²) in [6, 6.07) is 8.65. The van der Waals surface area contributed by atoms with Gasteiger partial charge < -0.3 is 5.32 Å². The molecule has 1 aliphatic rings. The van der Waals surface area contributed by atoms with Crippen LogP contribution in [0.4, 0.5) is 0 Å². The van der Waals surface area contributed by atoms with Crippen LogP contribution in [0.1, 0.15) is 30.9 Å². The van der Waals surface area contributed by atoms with Crippen molar-refractivity contribution in [3.05, 3.63) is 35.4 Å². The van der Waals surface area contributed by atoms with Crippen LogP contribution in [0.3, 0.4) is 0 Å². The molecule has 1 atom stereocenters. The van der Waals surface area contributed by atoms with Gasteiger partial charge in [0, 0.05) is 12.5 Å². The molecule has 2 heteroatoms. The van der Waals surface area contributed by atoms with Gasteiger partial charge in [-0.3, -0.25) is 4.99 Å². The zero-order chi connectivity index (χ0) is 10.7. The number of nitrogens with one attached hydrogen (secondary N) is 1. The molecule has 0 radical (unpaired) electrons. The molecule has 2 nitrogen and oxygen atoms in total. The van der Waals surface area contributed by atoms with E-state index in [-0.39, 0.29) is 0 Å². The molecule has 0 bridgehead atoms. The van der Waals surface area contributed by atoms with Crippen molar-refractivity contribution in [2.75, 3.05) is 13.1 Å². The quantitative estimate of drug-likeness (QED) is 0.799. The van der Waals surface area contributed by atoms with Gasteiger partial charge in [0.15, 0.2) is 0 Å². The second-order valence-electron chi connectivity index (χ2n) is 3.97. The van der Waals surface area contributed by atoms with Crippen LogP contribution in [0.25, 0.3) is 0 Å². The van der Waals surface area contributed by atoms with Gasteiger partial charge in [0.05, 0.1) is 6.54 Å². The van der Waals surface area contributed by atoms with Crippen LogP contribution in [0.5, 0.6) is 0 Å². The van der Waals surface area contributed by atoms with Gasteiger partial charge in [0.1, 0.15) is 5.84 Å². The Morgan fingerprint density at radius 1 is 1.40 bits per heavy atom. The molecule has 15 heavy (non-hydrogen) atoms. The van der Waals surface area contributed by atoms with E-state index in [1.54, 1.807) is 0 Å². The smallest absolute Gasteiger partial charge is 0.104 e. The van der Waals surface area contributed by atoms with Crippen LogP contribution < -0.4 is 5.32 Å². The summed E-state index contributed by atoms with van der Waals surface area (Å²) in [5.41, 5.74) is 2.84. The second-order valence-corrected chi connectivity index (χ2v) is 3.97. The maximum Gasteiger partial charge on any atom is 0.104 e. The van der Waals surface area contributed by atoms with E-state index >= 15 is 0 Å². The average molecular weight is 202 g/mol. The van der Waals surface area contributed by atoms with Gasteiger partial charge in [0.2, 0.25) is 0 Å². The van der Waals surface area contributed by atoms with Gasteiger partial charge in [-0.2, -0.15) is 0 Å². The first-order chi connectivity index (χ1) is 7.33. The van der Waals surface area contributed by atoms with Crippen LogP contribution in [0, 0.1) is 0 Å². The van der Waals surface area contributed by atoms with Gasteiger partial charge in [-0.25, -0.2) is 0 Å². The number of hydrogen-bond donors (Lipinski definition) is 1. The molecule has 0 aliphatic carbocycles. The third-order valence-electron chi connectivity index (χ3n) is 3.01. The molecular weight excluding hydrogens is 184 g/mol. The number of amidine groups is 1. The van der Waals surface area contributed by atoms with E-state index in [0.29, 0.717) is 5.92 Å². The van der Waals surface area contributed by atoms with E-state index in [4.69, 9.17) is 0 Å². The minimum absolute atomic E-state index is 0.406. The SMILES string of the molecule is CCc1ccccc1[C@@H](C)C1=NCCN1. The first kappa shape index (κ1) is 10.2. The predicted octanol–water partition coefficient (Wildman–Crippen LogP) is 2.35. The summed E-state index contributed by atoms with van der Waals surface area (Å²) in [7, 11) is 0. The molecule has 1 aliphatic heterocycles. The summed E-state index contributed by atoms with van der Waals surface area (Å²) >= 11 is 0. The molecule has 0 fully saturated rings. The number of rotatable bonds is 3. The molecule has 1 aromatic carbocycles. The van der Waals surface area contributed by atoms with Crippen LogP contribution in [-0.4, -0.2) is 18.9 Å². The first-order valence-electron chi connectivity index (χ1n) is 5.69. The van der Waals surface area contributed by atoms with Crippen molar-refractivity contribution in [1.82, 2.24) is 5.32 Å². The Morgan fingerprint density at radius 3 is 2.87 bits per heavy atom. The zero-order valence-corrected chi connectivity index (χ0v) is 9.46. The number of aliphatic imine (C=N–C) groups is 1. The normalized spacial score (nSPS) is 17.1. The maximum absolute atomic E-state index is 4.49. The molecule has 2 rings (SSSR count). The minimum atomic E-state index is 0.406. The molecule has 0 saturated heterocycles. The van der Waals surface area contributed by atoms with E-state index in [9.17, 15) is 0 Å². The van der Waals surface area contributed by atoms with Crippen molar-refractivity contribution in [3.8, 4) is 0 Å². The van der Waals surface area contributed by atoms with Gasteiger partial charge >= 0.3 is 0 Å². The molecule has 0 saturated carbocycles. The van der Waals surface area contributed by atoms with Gasteiger partial charge in [-0.05, 0) is 17.5 Å². The minimum Gasteiger partial charge on any atom is -0.371 e. The Kier molecular flexibility index (Phi) is 3.05. The molecule has 0 unspecified atom stereocenters. The van der Waals surface area contributed by atoms with Gasteiger partial charge in [0.25, 0.3) is 0 Å². The van der Waals surface area contributed by atoms with E-state index in [0.717, 1.165) is 25.3 Å². The highest BCUT2D eigenvalue weighted by Gasteiger charge is 2.17. The van der Waals surface area contributed by atoms with E-state index in [2.05, 4.69) is 48.4 Å².